The normalized spacial score (nSPS) is 10.4. The lowest BCUT2D eigenvalue weighted by atomic mass is 10.3. The molecule has 6 heteroatoms. The number of hydrogen-bond donors (Lipinski definition) is 2. The molecule has 0 aliphatic heterocycles. The number of aromatic nitrogens is 2. The lowest BCUT2D eigenvalue weighted by Crippen LogP contribution is -2.11. The van der Waals surface area contributed by atoms with Crippen LogP contribution in [0.4, 0.5) is 17.3 Å². The van der Waals surface area contributed by atoms with Gasteiger partial charge in [-0.05, 0) is 32.0 Å². The predicted octanol–water partition coefficient (Wildman–Crippen LogP) is 3.70. The van der Waals surface area contributed by atoms with Crippen molar-refractivity contribution >= 4 is 28.9 Å². The van der Waals surface area contributed by atoms with Crippen LogP contribution in [0.3, 0.4) is 0 Å². The molecular formula is C14H17ClN4O. The molecule has 20 heavy (non-hydrogen) atoms. The summed E-state index contributed by atoms with van der Waals surface area (Å²) >= 11 is 6.09. The second-order valence-corrected chi connectivity index (χ2v) is 4.97. The highest BCUT2D eigenvalue weighted by Crippen LogP contribution is 2.28. The molecule has 0 aliphatic rings. The summed E-state index contributed by atoms with van der Waals surface area (Å²) in [5.74, 6) is 2.11. The molecule has 0 saturated heterocycles. The fourth-order valence-electron chi connectivity index (χ4n) is 1.69. The van der Waals surface area contributed by atoms with E-state index in [2.05, 4.69) is 34.4 Å². The third kappa shape index (κ3) is 3.74. The molecule has 0 radical (unpaired) electrons. The molecule has 2 aromatic rings. The minimum Gasteiger partial charge on any atom is -0.495 e. The van der Waals surface area contributed by atoms with Crippen LogP contribution in [-0.2, 0) is 0 Å². The number of hydrogen-bond acceptors (Lipinski definition) is 5. The van der Waals surface area contributed by atoms with Crippen molar-refractivity contribution in [3.8, 4) is 5.75 Å². The standard InChI is InChI=1S/C14H17ClN4O/c1-9(2)18-13-7-14(17-8-16-13)19-10-4-5-12(20-3)11(15)6-10/h4-9H,1-3H3,(H2,16,17,18,19). The van der Waals surface area contributed by atoms with Gasteiger partial charge in [-0.25, -0.2) is 9.97 Å². The number of ether oxygens (including phenoxy) is 1. The number of rotatable bonds is 5. The number of benzene rings is 1. The Bertz CT molecular complexity index is 589. The van der Waals surface area contributed by atoms with E-state index in [0.717, 1.165) is 11.5 Å². The second-order valence-electron chi connectivity index (χ2n) is 4.56. The van der Waals surface area contributed by atoms with Gasteiger partial charge in [0.05, 0.1) is 12.1 Å². The molecule has 106 valence electrons. The largest absolute Gasteiger partial charge is 0.495 e. The Morgan fingerprint density at radius 2 is 1.90 bits per heavy atom. The number of methoxy groups -OCH3 is 1. The fraction of sp³-hybridized carbons (Fsp3) is 0.286. The van der Waals surface area contributed by atoms with E-state index in [1.807, 2.05) is 12.1 Å². The first-order valence-corrected chi connectivity index (χ1v) is 6.65. The van der Waals surface area contributed by atoms with E-state index >= 15 is 0 Å². The summed E-state index contributed by atoms with van der Waals surface area (Å²) in [6.07, 6.45) is 1.51. The van der Waals surface area contributed by atoms with Gasteiger partial charge < -0.3 is 15.4 Å². The van der Waals surface area contributed by atoms with Gasteiger partial charge in [-0.3, -0.25) is 0 Å². The quantitative estimate of drug-likeness (QED) is 0.880. The monoisotopic (exact) mass is 292 g/mol. The van der Waals surface area contributed by atoms with Gasteiger partial charge in [0.1, 0.15) is 23.7 Å². The maximum Gasteiger partial charge on any atom is 0.137 e. The third-order valence-corrected chi connectivity index (χ3v) is 2.82. The second kappa shape index (κ2) is 6.43. The van der Waals surface area contributed by atoms with E-state index in [9.17, 15) is 0 Å². The maximum absolute atomic E-state index is 6.09. The van der Waals surface area contributed by atoms with E-state index in [1.54, 1.807) is 19.2 Å². The molecule has 0 atom stereocenters. The van der Waals surface area contributed by atoms with Crippen LogP contribution >= 0.6 is 11.6 Å². The molecule has 0 fully saturated rings. The van der Waals surface area contributed by atoms with Crippen molar-refractivity contribution in [2.24, 2.45) is 0 Å². The van der Waals surface area contributed by atoms with Crippen molar-refractivity contribution in [1.82, 2.24) is 9.97 Å². The molecule has 0 amide bonds. The zero-order valence-corrected chi connectivity index (χ0v) is 12.4. The molecule has 0 spiro atoms. The van der Waals surface area contributed by atoms with Crippen LogP contribution in [0, 0.1) is 0 Å². The Kier molecular flexibility index (Phi) is 4.63. The average Bonchev–Trinajstić information content (AvgIpc) is 2.38. The van der Waals surface area contributed by atoms with Gasteiger partial charge in [0.2, 0.25) is 0 Å². The average molecular weight is 293 g/mol. The number of anilines is 3. The van der Waals surface area contributed by atoms with Crippen LogP contribution < -0.4 is 15.4 Å². The van der Waals surface area contributed by atoms with Crippen molar-refractivity contribution in [1.29, 1.82) is 0 Å². The summed E-state index contributed by atoms with van der Waals surface area (Å²) in [6, 6.07) is 7.63. The van der Waals surface area contributed by atoms with Crippen molar-refractivity contribution in [3.05, 3.63) is 35.6 Å². The molecule has 0 saturated carbocycles. The Morgan fingerprint density at radius 3 is 2.55 bits per heavy atom. The third-order valence-electron chi connectivity index (χ3n) is 2.53. The van der Waals surface area contributed by atoms with Gasteiger partial charge in [0, 0.05) is 17.8 Å². The Labute approximate surface area is 123 Å². The minimum absolute atomic E-state index is 0.313. The Morgan fingerprint density at radius 1 is 1.15 bits per heavy atom. The lowest BCUT2D eigenvalue weighted by molar-refractivity contribution is 0.415. The van der Waals surface area contributed by atoms with Gasteiger partial charge in [-0.1, -0.05) is 11.6 Å². The first-order chi connectivity index (χ1) is 9.58. The molecule has 1 aromatic heterocycles. The highest BCUT2D eigenvalue weighted by atomic mass is 35.5. The zero-order chi connectivity index (χ0) is 14.5. The van der Waals surface area contributed by atoms with Crippen LogP contribution in [0.2, 0.25) is 5.02 Å². The van der Waals surface area contributed by atoms with E-state index in [0.29, 0.717) is 22.6 Å². The van der Waals surface area contributed by atoms with Crippen LogP contribution in [0.5, 0.6) is 5.75 Å². The lowest BCUT2D eigenvalue weighted by Gasteiger charge is -2.11. The molecule has 2 rings (SSSR count). The summed E-state index contributed by atoms with van der Waals surface area (Å²) in [5.41, 5.74) is 0.838. The van der Waals surface area contributed by atoms with Gasteiger partial charge in [-0.15, -0.1) is 0 Å². The summed E-state index contributed by atoms with van der Waals surface area (Å²) < 4.78 is 5.12. The molecule has 2 N–H and O–H groups in total. The van der Waals surface area contributed by atoms with Crippen LogP contribution in [0.1, 0.15) is 13.8 Å². The number of nitrogens with zero attached hydrogens (tertiary/aromatic N) is 2. The minimum atomic E-state index is 0.313. The van der Waals surface area contributed by atoms with Gasteiger partial charge in [0.15, 0.2) is 0 Å². The molecular weight excluding hydrogens is 276 g/mol. The SMILES string of the molecule is COc1ccc(Nc2cc(NC(C)C)ncn2)cc1Cl. The zero-order valence-electron chi connectivity index (χ0n) is 11.6. The molecule has 0 aliphatic carbocycles. The van der Waals surface area contributed by atoms with Crippen LogP contribution in [0.15, 0.2) is 30.6 Å². The van der Waals surface area contributed by atoms with E-state index in [4.69, 9.17) is 16.3 Å². The summed E-state index contributed by atoms with van der Waals surface area (Å²) in [5, 5.41) is 6.95. The summed E-state index contributed by atoms with van der Waals surface area (Å²) in [6.45, 7) is 4.11. The highest BCUT2D eigenvalue weighted by molar-refractivity contribution is 6.32. The first kappa shape index (κ1) is 14.4. The summed E-state index contributed by atoms with van der Waals surface area (Å²) in [4.78, 5) is 8.34. The van der Waals surface area contributed by atoms with Gasteiger partial charge in [0.25, 0.3) is 0 Å². The Hall–Kier alpha value is -2.01. The predicted molar refractivity (Wildman–Crippen MR) is 82.1 cm³/mol. The van der Waals surface area contributed by atoms with Crippen molar-refractivity contribution < 1.29 is 4.74 Å². The molecule has 5 nitrogen and oxygen atoms in total. The summed E-state index contributed by atoms with van der Waals surface area (Å²) in [7, 11) is 1.59. The van der Waals surface area contributed by atoms with Crippen LogP contribution in [-0.4, -0.2) is 23.1 Å². The molecule has 0 unspecified atom stereocenters. The van der Waals surface area contributed by atoms with Crippen molar-refractivity contribution in [2.45, 2.75) is 19.9 Å². The molecule has 0 bridgehead atoms. The van der Waals surface area contributed by atoms with Gasteiger partial charge in [-0.2, -0.15) is 0 Å². The number of halogens is 1. The molecule has 1 aromatic carbocycles. The van der Waals surface area contributed by atoms with E-state index < -0.39 is 0 Å². The smallest absolute Gasteiger partial charge is 0.137 e. The van der Waals surface area contributed by atoms with E-state index in [-0.39, 0.29) is 0 Å². The van der Waals surface area contributed by atoms with Gasteiger partial charge >= 0.3 is 0 Å². The molecule has 1 heterocycles. The number of nitrogens with one attached hydrogen (secondary N) is 2. The fourth-order valence-corrected chi connectivity index (χ4v) is 1.95. The van der Waals surface area contributed by atoms with Crippen molar-refractivity contribution in [3.63, 3.8) is 0 Å². The van der Waals surface area contributed by atoms with Crippen molar-refractivity contribution in [2.75, 3.05) is 17.7 Å². The Balaban J connectivity index is 2.15. The van der Waals surface area contributed by atoms with E-state index in [1.165, 1.54) is 6.33 Å². The highest BCUT2D eigenvalue weighted by Gasteiger charge is 2.04. The maximum atomic E-state index is 6.09. The van der Waals surface area contributed by atoms with Crippen LogP contribution in [0.25, 0.3) is 0 Å². The first-order valence-electron chi connectivity index (χ1n) is 6.27. The topological polar surface area (TPSA) is 59.1 Å².